The minimum Gasteiger partial charge on any atom is -0.399 e. The van der Waals surface area contributed by atoms with Gasteiger partial charge in [-0.1, -0.05) is 11.8 Å². The third kappa shape index (κ3) is 2.31. The predicted molar refractivity (Wildman–Crippen MR) is 84.2 cm³/mol. The zero-order valence-corrected chi connectivity index (χ0v) is 12.7. The van der Waals surface area contributed by atoms with E-state index < -0.39 is 11.4 Å². The number of thioether (sulfide) groups is 1. The first-order valence-corrected chi connectivity index (χ1v) is 7.57. The van der Waals surface area contributed by atoms with Crippen LogP contribution in [0.5, 0.6) is 0 Å². The van der Waals surface area contributed by atoms with Gasteiger partial charge in [-0.05, 0) is 24.5 Å². The molecule has 8 heteroatoms. The summed E-state index contributed by atoms with van der Waals surface area (Å²) in [7, 11) is 1.57. The van der Waals surface area contributed by atoms with Crippen LogP contribution in [-0.2, 0) is 7.05 Å². The van der Waals surface area contributed by atoms with E-state index in [0.717, 1.165) is 0 Å². The van der Waals surface area contributed by atoms with Gasteiger partial charge in [-0.3, -0.25) is 9.36 Å². The summed E-state index contributed by atoms with van der Waals surface area (Å²) in [4.78, 5) is 25.1. The Bertz CT molecular complexity index is 940. The Labute approximate surface area is 129 Å². The van der Waals surface area contributed by atoms with Gasteiger partial charge in [0.05, 0.1) is 6.20 Å². The maximum Gasteiger partial charge on any atom is 0.278 e. The van der Waals surface area contributed by atoms with Crippen molar-refractivity contribution in [1.82, 2.24) is 19.5 Å². The average molecular weight is 317 g/mol. The fourth-order valence-electron chi connectivity index (χ4n) is 2.10. The topological polar surface area (TPSA) is 86.7 Å². The van der Waals surface area contributed by atoms with Gasteiger partial charge < -0.3 is 5.73 Å². The minimum atomic E-state index is -0.556. The molecule has 22 heavy (non-hydrogen) atoms. The average Bonchev–Trinajstić information content (AvgIpc) is 2.53. The standard InChI is InChI=1S/C14H12FN5OS/c1-20-12-10(6-17-14(19-12)22-2)18-11(13(20)21)8-5-7(16)3-4-9(8)15/h3-6H,16H2,1-2H3. The Kier molecular flexibility index (Phi) is 3.53. The second-order valence-electron chi connectivity index (χ2n) is 4.63. The molecule has 0 fully saturated rings. The maximum atomic E-state index is 14.0. The maximum absolute atomic E-state index is 14.0. The van der Waals surface area contributed by atoms with Crippen molar-refractivity contribution in [3.05, 3.63) is 40.6 Å². The first kappa shape index (κ1) is 14.5. The lowest BCUT2D eigenvalue weighted by Gasteiger charge is -2.09. The number of aryl methyl sites for hydroxylation is 1. The Morgan fingerprint density at radius 3 is 2.82 bits per heavy atom. The summed E-state index contributed by atoms with van der Waals surface area (Å²) in [6, 6.07) is 4.03. The first-order valence-electron chi connectivity index (χ1n) is 6.34. The molecule has 0 saturated carbocycles. The van der Waals surface area contributed by atoms with E-state index in [-0.39, 0.29) is 11.3 Å². The van der Waals surface area contributed by atoms with E-state index in [1.807, 2.05) is 6.26 Å². The van der Waals surface area contributed by atoms with Gasteiger partial charge in [0.2, 0.25) is 0 Å². The van der Waals surface area contributed by atoms with E-state index in [1.54, 1.807) is 7.05 Å². The highest BCUT2D eigenvalue weighted by molar-refractivity contribution is 7.98. The number of rotatable bonds is 2. The van der Waals surface area contributed by atoms with Crippen LogP contribution in [0.25, 0.3) is 22.4 Å². The Morgan fingerprint density at radius 1 is 1.32 bits per heavy atom. The van der Waals surface area contributed by atoms with Crippen molar-refractivity contribution in [2.75, 3.05) is 12.0 Å². The van der Waals surface area contributed by atoms with Gasteiger partial charge in [-0.15, -0.1) is 0 Å². The van der Waals surface area contributed by atoms with Crippen molar-refractivity contribution in [2.24, 2.45) is 7.05 Å². The molecule has 2 heterocycles. The second kappa shape index (κ2) is 5.38. The van der Waals surface area contributed by atoms with Gasteiger partial charge in [0, 0.05) is 18.3 Å². The molecule has 0 aliphatic rings. The molecule has 0 radical (unpaired) electrons. The number of nitrogens with zero attached hydrogens (tertiary/aromatic N) is 4. The summed E-state index contributed by atoms with van der Waals surface area (Å²) >= 11 is 1.36. The molecule has 0 unspecified atom stereocenters. The van der Waals surface area contributed by atoms with Gasteiger partial charge >= 0.3 is 0 Å². The number of anilines is 1. The summed E-state index contributed by atoms with van der Waals surface area (Å²) in [5, 5.41) is 0.534. The molecular formula is C14H12FN5OS. The SMILES string of the molecule is CSc1ncc2nc(-c3cc(N)ccc3F)c(=O)n(C)c2n1. The molecule has 0 saturated heterocycles. The molecule has 112 valence electrons. The predicted octanol–water partition coefficient (Wildman–Crippen LogP) is 1.83. The van der Waals surface area contributed by atoms with Crippen LogP contribution in [0.1, 0.15) is 0 Å². The number of nitrogens with two attached hydrogens (primary N) is 1. The van der Waals surface area contributed by atoms with Crippen molar-refractivity contribution in [2.45, 2.75) is 5.16 Å². The monoisotopic (exact) mass is 317 g/mol. The highest BCUT2D eigenvalue weighted by atomic mass is 32.2. The Hall–Kier alpha value is -2.48. The summed E-state index contributed by atoms with van der Waals surface area (Å²) in [6.07, 6.45) is 3.35. The van der Waals surface area contributed by atoms with Crippen LogP contribution in [-0.4, -0.2) is 25.8 Å². The number of hydrogen-bond donors (Lipinski definition) is 1. The normalized spacial score (nSPS) is 11.0. The fourth-order valence-corrected chi connectivity index (χ4v) is 2.43. The van der Waals surface area contributed by atoms with Crippen molar-refractivity contribution in [3.8, 4) is 11.3 Å². The van der Waals surface area contributed by atoms with Gasteiger partial charge in [0.25, 0.3) is 5.56 Å². The molecule has 2 N–H and O–H groups in total. The molecule has 0 aliphatic heterocycles. The molecular weight excluding hydrogens is 305 g/mol. The number of fused-ring (bicyclic) bond motifs is 1. The Balaban J connectivity index is 2.34. The van der Waals surface area contributed by atoms with E-state index in [2.05, 4.69) is 15.0 Å². The third-order valence-corrected chi connectivity index (χ3v) is 3.78. The largest absolute Gasteiger partial charge is 0.399 e. The number of benzene rings is 1. The van der Waals surface area contributed by atoms with Gasteiger partial charge in [-0.25, -0.2) is 19.3 Å². The molecule has 0 atom stereocenters. The first-order chi connectivity index (χ1) is 10.5. The zero-order valence-electron chi connectivity index (χ0n) is 11.9. The van der Waals surface area contributed by atoms with Crippen LogP contribution in [0.15, 0.2) is 34.3 Å². The number of nitrogen functional groups attached to an aromatic ring is 1. The van der Waals surface area contributed by atoms with E-state index in [0.29, 0.717) is 22.0 Å². The van der Waals surface area contributed by atoms with Crippen LogP contribution in [0, 0.1) is 5.82 Å². The molecule has 2 aromatic heterocycles. The van der Waals surface area contributed by atoms with Crippen LogP contribution >= 0.6 is 11.8 Å². The summed E-state index contributed by atoms with van der Waals surface area (Å²) < 4.78 is 15.3. The van der Waals surface area contributed by atoms with E-state index in [4.69, 9.17) is 5.73 Å². The number of aromatic nitrogens is 4. The molecule has 0 spiro atoms. The van der Waals surface area contributed by atoms with Crippen molar-refractivity contribution >= 4 is 28.6 Å². The van der Waals surface area contributed by atoms with Crippen LogP contribution in [0.3, 0.4) is 0 Å². The van der Waals surface area contributed by atoms with Crippen molar-refractivity contribution in [1.29, 1.82) is 0 Å². The molecule has 1 aromatic carbocycles. The summed E-state index contributed by atoms with van der Waals surface area (Å²) in [5.41, 5.74) is 6.45. The molecule has 0 bridgehead atoms. The Morgan fingerprint density at radius 2 is 2.09 bits per heavy atom. The smallest absolute Gasteiger partial charge is 0.278 e. The number of hydrogen-bond acceptors (Lipinski definition) is 6. The van der Waals surface area contributed by atoms with E-state index in [1.165, 1.54) is 40.7 Å². The fraction of sp³-hybridized carbons (Fsp3) is 0.143. The van der Waals surface area contributed by atoms with Crippen molar-refractivity contribution < 1.29 is 4.39 Å². The van der Waals surface area contributed by atoms with Gasteiger partial charge in [0.1, 0.15) is 17.0 Å². The summed E-state index contributed by atoms with van der Waals surface area (Å²) in [6.45, 7) is 0. The van der Waals surface area contributed by atoms with Crippen LogP contribution in [0.4, 0.5) is 10.1 Å². The molecule has 6 nitrogen and oxygen atoms in total. The molecule has 0 aliphatic carbocycles. The van der Waals surface area contributed by atoms with Crippen LogP contribution in [0.2, 0.25) is 0 Å². The highest BCUT2D eigenvalue weighted by Crippen LogP contribution is 2.22. The van der Waals surface area contributed by atoms with E-state index >= 15 is 0 Å². The lowest BCUT2D eigenvalue weighted by Crippen LogP contribution is -2.22. The van der Waals surface area contributed by atoms with Crippen LogP contribution < -0.4 is 11.3 Å². The summed E-state index contributed by atoms with van der Waals surface area (Å²) in [5.74, 6) is -0.556. The minimum absolute atomic E-state index is 0.0136. The molecule has 3 rings (SSSR count). The van der Waals surface area contributed by atoms with E-state index in [9.17, 15) is 9.18 Å². The van der Waals surface area contributed by atoms with Crippen molar-refractivity contribution in [3.63, 3.8) is 0 Å². The van der Waals surface area contributed by atoms with Gasteiger partial charge in [0.15, 0.2) is 10.8 Å². The lowest BCUT2D eigenvalue weighted by atomic mass is 10.1. The number of halogens is 1. The highest BCUT2D eigenvalue weighted by Gasteiger charge is 2.16. The third-order valence-electron chi connectivity index (χ3n) is 3.21. The lowest BCUT2D eigenvalue weighted by molar-refractivity contribution is 0.630. The molecule has 0 amide bonds. The quantitative estimate of drug-likeness (QED) is 0.441. The van der Waals surface area contributed by atoms with Gasteiger partial charge in [-0.2, -0.15) is 0 Å². The zero-order chi connectivity index (χ0) is 15.9. The molecule has 3 aromatic rings. The second-order valence-corrected chi connectivity index (χ2v) is 5.40.